The van der Waals surface area contributed by atoms with Crippen molar-refractivity contribution in [2.75, 3.05) is 12.4 Å². The third kappa shape index (κ3) is 3.09. The summed E-state index contributed by atoms with van der Waals surface area (Å²) in [6, 6.07) is 10.4. The molecule has 0 fully saturated rings. The molecule has 32 heavy (non-hydrogen) atoms. The van der Waals surface area contributed by atoms with E-state index < -0.39 is 11.6 Å². The van der Waals surface area contributed by atoms with Crippen LogP contribution >= 0.6 is 0 Å². The lowest BCUT2D eigenvalue weighted by Gasteiger charge is -2.34. The van der Waals surface area contributed by atoms with Crippen LogP contribution in [0.25, 0.3) is 22.5 Å². The maximum Gasteiger partial charge on any atom is 0.172 e. The zero-order valence-corrected chi connectivity index (χ0v) is 18.3. The van der Waals surface area contributed by atoms with Gasteiger partial charge in [-0.1, -0.05) is 11.6 Å². The van der Waals surface area contributed by atoms with E-state index in [2.05, 4.69) is 26.1 Å². The average Bonchev–Trinajstić information content (AvgIpc) is 2.71. The topological polar surface area (TPSA) is 50.7 Å². The second-order valence-corrected chi connectivity index (χ2v) is 8.96. The molecule has 2 heterocycles. The summed E-state index contributed by atoms with van der Waals surface area (Å²) < 4.78 is 40.1. The maximum atomic E-state index is 14.2. The molecule has 2 aliphatic heterocycles. The van der Waals surface area contributed by atoms with Gasteiger partial charge in [-0.2, -0.15) is 0 Å². The van der Waals surface area contributed by atoms with Gasteiger partial charge in [-0.05, 0) is 57.5 Å². The van der Waals surface area contributed by atoms with Gasteiger partial charge >= 0.3 is 0 Å². The molecule has 2 aliphatic rings. The highest BCUT2D eigenvalue weighted by atomic mass is 19.1. The number of phenols is 1. The summed E-state index contributed by atoms with van der Waals surface area (Å²) in [5, 5.41) is 15.6. The molecule has 0 amide bonds. The number of rotatable bonds is 2. The lowest BCUT2D eigenvalue weighted by molar-refractivity contribution is 0.371. The Labute approximate surface area is 184 Å². The smallest absolute Gasteiger partial charge is 0.172 e. The Morgan fingerprint density at radius 1 is 1.03 bits per heavy atom. The van der Waals surface area contributed by atoms with Crippen LogP contribution in [0.1, 0.15) is 32.8 Å². The van der Waals surface area contributed by atoms with Crippen LogP contribution in [0.2, 0.25) is 0 Å². The van der Waals surface area contributed by atoms with Crippen LogP contribution < -0.4 is 25.2 Å². The Balaban J connectivity index is 1.98. The highest BCUT2D eigenvalue weighted by Crippen LogP contribution is 2.46. The van der Waals surface area contributed by atoms with Gasteiger partial charge in [-0.25, -0.2) is 8.78 Å². The minimum Gasteiger partial charge on any atom is -0.504 e. The van der Waals surface area contributed by atoms with Gasteiger partial charge in [-0.15, -0.1) is 0 Å². The Hall–Kier alpha value is -3.54. The van der Waals surface area contributed by atoms with E-state index >= 15 is 0 Å². The molecule has 3 aromatic rings. The standard InChI is InChI=1S/C26H23F2NO3/c1-13-12-26(2,3)29-18-6-5-17-22-20(8-7-19(30)25(22)31-4)32-24(23(17)21(13)18)14-9-15(27)11-16(28)10-14/h5-11,29-30H,12H2,1-4H3. The van der Waals surface area contributed by atoms with E-state index in [1.807, 2.05) is 12.1 Å². The predicted octanol–water partition coefficient (Wildman–Crippen LogP) is 4.66. The fourth-order valence-electron chi connectivity index (χ4n) is 4.90. The van der Waals surface area contributed by atoms with Crippen molar-refractivity contribution in [2.24, 2.45) is 0 Å². The Bertz CT molecular complexity index is 1390. The molecular weight excluding hydrogens is 412 g/mol. The number of benzene rings is 3. The van der Waals surface area contributed by atoms with E-state index in [9.17, 15) is 13.9 Å². The van der Waals surface area contributed by atoms with Crippen LogP contribution in [-0.2, 0) is 0 Å². The van der Waals surface area contributed by atoms with Crippen molar-refractivity contribution in [1.82, 2.24) is 0 Å². The summed E-state index contributed by atoms with van der Waals surface area (Å²) in [7, 11) is 1.48. The van der Waals surface area contributed by atoms with E-state index in [4.69, 9.17) is 9.47 Å². The van der Waals surface area contributed by atoms with Crippen molar-refractivity contribution in [1.29, 1.82) is 0 Å². The first-order chi connectivity index (χ1) is 15.2. The number of hydrogen-bond donors (Lipinski definition) is 2. The lowest BCUT2D eigenvalue weighted by Crippen LogP contribution is -2.45. The first-order valence-corrected chi connectivity index (χ1v) is 10.4. The van der Waals surface area contributed by atoms with Gasteiger partial charge in [0.15, 0.2) is 11.5 Å². The summed E-state index contributed by atoms with van der Waals surface area (Å²) in [5.41, 5.74) is 3.56. The molecule has 0 radical (unpaired) electrons. The molecule has 0 saturated carbocycles. The Morgan fingerprint density at radius 2 is 1.75 bits per heavy atom. The second kappa shape index (κ2) is 6.99. The third-order valence-electron chi connectivity index (χ3n) is 5.95. The molecule has 0 unspecified atom stereocenters. The van der Waals surface area contributed by atoms with Crippen molar-refractivity contribution in [2.45, 2.75) is 32.7 Å². The van der Waals surface area contributed by atoms with Gasteiger partial charge in [0.2, 0.25) is 0 Å². The largest absolute Gasteiger partial charge is 0.504 e. The molecule has 2 N–H and O–H groups in total. The molecule has 0 aromatic heterocycles. The minimum atomic E-state index is -0.684. The Kier molecular flexibility index (Phi) is 4.45. The Morgan fingerprint density at radius 3 is 2.44 bits per heavy atom. The summed E-state index contributed by atoms with van der Waals surface area (Å²) in [6.07, 6.45) is 0.783. The number of anilines is 1. The zero-order chi connectivity index (χ0) is 22.8. The lowest BCUT2D eigenvalue weighted by atomic mass is 9.86. The summed E-state index contributed by atoms with van der Waals surface area (Å²) in [4.78, 5) is 0. The normalized spacial score (nSPS) is 15.8. The third-order valence-corrected chi connectivity index (χ3v) is 5.95. The van der Waals surface area contributed by atoms with E-state index in [-0.39, 0.29) is 17.0 Å². The predicted molar refractivity (Wildman–Crippen MR) is 120 cm³/mol. The van der Waals surface area contributed by atoms with Gasteiger partial charge in [-0.3, -0.25) is 0 Å². The van der Waals surface area contributed by atoms with Gasteiger partial charge in [0.25, 0.3) is 0 Å². The fourth-order valence-corrected chi connectivity index (χ4v) is 4.90. The van der Waals surface area contributed by atoms with Gasteiger partial charge < -0.3 is 19.9 Å². The summed E-state index contributed by atoms with van der Waals surface area (Å²) in [5.74, 6) is -0.300. The minimum absolute atomic E-state index is 0.0151. The average molecular weight is 435 g/mol. The molecule has 0 aliphatic carbocycles. The second-order valence-electron chi connectivity index (χ2n) is 8.96. The summed E-state index contributed by atoms with van der Waals surface area (Å²) >= 11 is 0. The van der Waals surface area contributed by atoms with Gasteiger partial charge in [0.05, 0.1) is 12.7 Å². The number of hydrogen-bond acceptors (Lipinski definition) is 4. The van der Waals surface area contributed by atoms with Crippen LogP contribution in [-0.4, -0.2) is 17.8 Å². The van der Waals surface area contributed by atoms with E-state index in [1.165, 1.54) is 25.3 Å². The number of halogens is 2. The number of nitrogens with one attached hydrogen (secondary N) is 1. The van der Waals surface area contributed by atoms with Crippen molar-refractivity contribution in [3.05, 3.63) is 70.1 Å². The maximum absolute atomic E-state index is 14.2. The fraction of sp³-hybridized carbons (Fsp3) is 0.231. The van der Waals surface area contributed by atoms with E-state index in [1.54, 1.807) is 6.07 Å². The van der Waals surface area contributed by atoms with Crippen LogP contribution in [0.3, 0.4) is 0 Å². The molecule has 3 aromatic carbocycles. The van der Waals surface area contributed by atoms with Crippen LogP contribution in [0.4, 0.5) is 14.5 Å². The zero-order valence-electron chi connectivity index (χ0n) is 18.3. The first-order valence-electron chi connectivity index (χ1n) is 10.4. The molecule has 0 spiro atoms. The number of fused-ring (bicyclic) bond motifs is 5. The monoisotopic (exact) mass is 435 g/mol. The number of ether oxygens (including phenoxy) is 2. The van der Waals surface area contributed by atoms with Crippen LogP contribution in [0.5, 0.6) is 17.2 Å². The number of phenolic OH excluding ortho intramolecular Hbond substituents is 1. The summed E-state index contributed by atoms with van der Waals surface area (Å²) in [6.45, 7) is 6.30. The van der Waals surface area contributed by atoms with Gasteiger partial charge in [0.1, 0.15) is 23.1 Å². The molecule has 6 heteroatoms. The first kappa shape index (κ1) is 20.4. The van der Waals surface area contributed by atoms with Crippen molar-refractivity contribution >= 4 is 17.0 Å². The molecule has 5 rings (SSSR count). The van der Waals surface area contributed by atoms with Crippen molar-refractivity contribution in [3.8, 4) is 28.4 Å². The van der Waals surface area contributed by atoms with Gasteiger partial charge in [0, 0.05) is 38.9 Å². The number of methoxy groups -OCH3 is 1. The molecule has 0 saturated heterocycles. The molecule has 0 bridgehead atoms. The number of aromatic hydroxyl groups is 1. The highest BCUT2D eigenvalue weighted by Gasteiger charge is 2.30. The quantitative estimate of drug-likeness (QED) is 0.615. The molecule has 164 valence electrons. The van der Waals surface area contributed by atoms with Crippen molar-refractivity contribution in [3.63, 3.8) is 0 Å². The molecule has 0 atom stereocenters. The SMILES string of the molecule is COc1c(O)ccc2c1-c1ccc3c(c1=C(c1cc(F)cc(F)c1)O2)=C(C)CC(C)(C)N3. The highest BCUT2D eigenvalue weighted by molar-refractivity contribution is 5.88. The van der Waals surface area contributed by atoms with E-state index in [0.29, 0.717) is 27.9 Å². The molecule has 4 nitrogen and oxygen atoms in total. The van der Waals surface area contributed by atoms with Crippen molar-refractivity contribution < 1.29 is 23.4 Å². The van der Waals surface area contributed by atoms with E-state index in [0.717, 1.165) is 34.5 Å². The van der Waals surface area contributed by atoms with Crippen LogP contribution in [0, 0.1) is 11.6 Å². The van der Waals surface area contributed by atoms with Crippen LogP contribution in [0.15, 0.2) is 42.5 Å². The molecular formula is C26H23F2NO3.